The van der Waals surface area contributed by atoms with Gasteiger partial charge in [0.25, 0.3) is 0 Å². The summed E-state index contributed by atoms with van der Waals surface area (Å²) in [4.78, 5) is 20.5. The van der Waals surface area contributed by atoms with Crippen molar-refractivity contribution in [2.24, 2.45) is 0 Å². The lowest BCUT2D eigenvalue weighted by Gasteiger charge is -2.10. The van der Waals surface area contributed by atoms with E-state index in [4.69, 9.17) is 0 Å². The molecule has 0 fully saturated rings. The first-order chi connectivity index (χ1) is 14.4. The Morgan fingerprint density at radius 1 is 1.17 bits per heavy atom. The van der Waals surface area contributed by atoms with Gasteiger partial charge in [-0.3, -0.25) is 0 Å². The number of nitrogens with zero attached hydrogens (tertiary/aromatic N) is 2. The predicted molar refractivity (Wildman–Crippen MR) is 117 cm³/mol. The molecule has 0 saturated carbocycles. The van der Waals surface area contributed by atoms with E-state index in [1.807, 2.05) is 6.92 Å². The molecule has 0 amide bonds. The number of hydrogen-bond acceptors (Lipinski definition) is 5. The minimum Gasteiger partial charge on any atom is -0.478 e. The van der Waals surface area contributed by atoms with Crippen LogP contribution in [-0.2, 0) is 6.42 Å². The van der Waals surface area contributed by atoms with E-state index in [0.717, 1.165) is 11.3 Å². The summed E-state index contributed by atoms with van der Waals surface area (Å²) in [7, 11) is 0. The van der Waals surface area contributed by atoms with Crippen LogP contribution in [0.1, 0.15) is 22.8 Å². The van der Waals surface area contributed by atoms with E-state index in [1.165, 1.54) is 30.2 Å². The fourth-order valence-electron chi connectivity index (χ4n) is 2.87. The number of thioether (sulfide) groups is 1. The topological polar surface area (TPSA) is 75.1 Å². The maximum atomic E-state index is 13.9. The van der Waals surface area contributed by atoms with Gasteiger partial charge in [0.05, 0.1) is 11.3 Å². The van der Waals surface area contributed by atoms with Gasteiger partial charge in [-0.25, -0.2) is 23.5 Å². The molecule has 0 aliphatic rings. The number of anilines is 1. The molecule has 3 aromatic rings. The van der Waals surface area contributed by atoms with Gasteiger partial charge in [0.1, 0.15) is 23.8 Å². The highest BCUT2D eigenvalue weighted by Gasteiger charge is 2.13. The summed E-state index contributed by atoms with van der Waals surface area (Å²) < 4.78 is 28.2. The Balaban J connectivity index is 1.75. The van der Waals surface area contributed by atoms with Gasteiger partial charge in [-0.2, -0.15) is 0 Å². The smallest absolute Gasteiger partial charge is 0.336 e. The molecule has 0 aliphatic heterocycles. The molecule has 0 atom stereocenters. The second-order valence-electron chi connectivity index (χ2n) is 6.26. The molecule has 0 unspecified atom stereocenters. The third kappa shape index (κ3) is 5.34. The standard InChI is InChI=1S/C21H18BrF2N3O2S/c1-2-30-19-7-12(3-4-15(19)21(28)29)18-10-20(27-11-26-18)25-6-5-14-16(23)8-13(22)9-17(14)24/h3-4,7-11H,2,5-6H2,1H3,(H,28,29)(H,25,26,27). The minimum absolute atomic E-state index is 0.00507. The molecular formula is C21H18BrF2N3O2S. The third-order valence-corrected chi connectivity index (χ3v) is 5.66. The van der Waals surface area contributed by atoms with Crippen LogP contribution in [0.3, 0.4) is 0 Å². The van der Waals surface area contributed by atoms with Gasteiger partial charge >= 0.3 is 5.97 Å². The van der Waals surface area contributed by atoms with Gasteiger partial charge in [-0.1, -0.05) is 28.9 Å². The molecule has 1 aromatic heterocycles. The van der Waals surface area contributed by atoms with Gasteiger partial charge in [0, 0.05) is 33.1 Å². The molecule has 9 heteroatoms. The zero-order valence-corrected chi connectivity index (χ0v) is 18.4. The summed E-state index contributed by atoms with van der Waals surface area (Å²) in [5, 5.41) is 12.4. The molecule has 0 aliphatic carbocycles. The lowest BCUT2D eigenvalue weighted by molar-refractivity contribution is 0.0693. The van der Waals surface area contributed by atoms with Crippen LogP contribution in [0.15, 0.2) is 52.1 Å². The number of nitrogens with one attached hydrogen (secondary N) is 1. The summed E-state index contributed by atoms with van der Waals surface area (Å²) in [6.07, 6.45) is 1.53. The monoisotopic (exact) mass is 493 g/mol. The van der Waals surface area contributed by atoms with Crippen molar-refractivity contribution in [2.75, 3.05) is 17.6 Å². The highest BCUT2D eigenvalue weighted by Crippen LogP contribution is 2.29. The van der Waals surface area contributed by atoms with E-state index in [-0.39, 0.29) is 24.1 Å². The molecule has 1 heterocycles. The molecule has 0 saturated heterocycles. The minimum atomic E-state index is -0.977. The van der Waals surface area contributed by atoms with Crippen molar-refractivity contribution in [3.8, 4) is 11.3 Å². The SMILES string of the molecule is CCSc1cc(-c2cc(NCCc3c(F)cc(Br)cc3F)ncn2)ccc1C(=O)O. The number of carboxylic acid groups (broad SMARTS) is 1. The van der Waals surface area contributed by atoms with E-state index in [2.05, 4.69) is 31.2 Å². The van der Waals surface area contributed by atoms with E-state index < -0.39 is 17.6 Å². The van der Waals surface area contributed by atoms with Crippen LogP contribution in [0.2, 0.25) is 0 Å². The number of carbonyl (C=O) groups is 1. The number of benzene rings is 2. The zero-order chi connectivity index (χ0) is 21.7. The lowest BCUT2D eigenvalue weighted by atomic mass is 10.1. The Morgan fingerprint density at radius 3 is 2.57 bits per heavy atom. The Morgan fingerprint density at radius 2 is 1.90 bits per heavy atom. The highest BCUT2D eigenvalue weighted by atomic mass is 79.9. The highest BCUT2D eigenvalue weighted by molar-refractivity contribution is 9.10. The van der Waals surface area contributed by atoms with Crippen LogP contribution in [0.4, 0.5) is 14.6 Å². The molecule has 2 aromatic carbocycles. The van der Waals surface area contributed by atoms with Gasteiger partial charge < -0.3 is 10.4 Å². The number of aromatic nitrogens is 2. The van der Waals surface area contributed by atoms with Crippen molar-refractivity contribution in [1.82, 2.24) is 9.97 Å². The average molecular weight is 494 g/mol. The van der Waals surface area contributed by atoms with Crippen molar-refractivity contribution in [3.05, 3.63) is 70.0 Å². The molecule has 2 N–H and O–H groups in total. The predicted octanol–water partition coefficient (Wildman–Crippen LogP) is 5.65. The Labute approximate surface area is 185 Å². The van der Waals surface area contributed by atoms with Crippen molar-refractivity contribution in [2.45, 2.75) is 18.2 Å². The second kappa shape index (κ2) is 9.99. The van der Waals surface area contributed by atoms with E-state index in [9.17, 15) is 18.7 Å². The first kappa shape index (κ1) is 22.2. The zero-order valence-electron chi connectivity index (χ0n) is 16.0. The largest absolute Gasteiger partial charge is 0.478 e. The molecule has 3 rings (SSSR count). The maximum absolute atomic E-state index is 13.9. The molecular weight excluding hydrogens is 476 g/mol. The summed E-state index contributed by atoms with van der Waals surface area (Å²) >= 11 is 4.51. The molecule has 0 radical (unpaired) electrons. The first-order valence-electron chi connectivity index (χ1n) is 9.09. The van der Waals surface area contributed by atoms with E-state index in [0.29, 0.717) is 20.9 Å². The maximum Gasteiger partial charge on any atom is 0.336 e. The van der Waals surface area contributed by atoms with Crippen molar-refractivity contribution >= 4 is 39.5 Å². The van der Waals surface area contributed by atoms with Crippen LogP contribution in [0.25, 0.3) is 11.3 Å². The molecule has 0 bridgehead atoms. The van der Waals surface area contributed by atoms with Crippen LogP contribution >= 0.6 is 27.7 Å². The fraction of sp³-hybridized carbons (Fsp3) is 0.190. The van der Waals surface area contributed by atoms with Crippen molar-refractivity contribution in [3.63, 3.8) is 0 Å². The van der Waals surface area contributed by atoms with Gasteiger partial charge in [0.2, 0.25) is 0 Å². The molecule has 0 spiro atoms. The summed E-state index contributed by atoms with van der Waals surface area (Å²) in [5.41, 5.74) is 1.62. The van der Waals surface area contributed by atoms with Crippen LogP contribution in [-0.4, -0.2) is 33.3 Å². The van der Waals surface area contributed by atoms with Crippen molar-refractivity contribution < 1.29 is 18.7 Å². The van der Waals surface area contributed by atoms with Crippen LogP contribution in [0.5, 0.6) is 0 Å². The first-order valence-corrected chi connectivity index (χ1v) is 10.9. The summed E-state index contributed by atoms with van der Waals surface area (Å²) in [5.74, 6) is -0.943. The Kier molecular flexibility index (Phi) is 7.38. The van der Waals surface area contributed by atoms with Crippen molar-refractivity contribution in [1.29, 1.82) is 0 Å². The Bertz CT molecular complexity index is 1060. The molecule has 156 valence electrons. The number of hydrogen-bond donors (Lipinski definition) is 2. The summed E-state index contributed by atoms with van der Waals surface area (Å²) in [6.45, 7) is 2.23. The van der Waals surface area contributed by atoms with Crippen LogP contribution < -0.4 is 5.32 Å². The van der Waals surface area contributed by atoms with Gasteiger partial charge in [-0.15, -0.1) is 11.8 Å². The second-order valence-corrected chi connectivity index (χ2v) is 8.48. The fourth-order valence-corrected chi connectivity index (χ4v) is 4.11. The van der Waals surface area contributed by atoms with E-state index in [1.54, 1.807) is 24.3 Å². The quantitative estimate of drug-likeness (QED) is 0.395. The van der Waals surface area contributed by atoms with E-state index >= 15 is 0 Å². The third-order valence-electron chi connectivity index (χ3n) is 4.26. The Hall–Kier alpha value is -2.52. The normalized spacial score (nSPS) is 10.8. The van der Waals surface area contributed by atoms with Crippen LogP contribution in [0, 0.1) is 11.6 Å². The summed E-state index contributed by atoms with van der Waals surface area (Å²) in [6, 6.07) is 9.22. The molecule has 30 heavy (non-hydrogen) atoms. The van der Waals surface area contributed by atoms with Gasteiger partial charge in [-0.05, 0) is 36.4 Å². The average Bonchev–Trinajstić information content (AvgIpc) is 2.70. The van der Waals surface area contributed by atoms with Gasteiger partial charge in [0.15, 0.2) is 0 Å². The number of rotatable bonds is 8. The number of halogens is 3. The number of aromatic carboxylic acids is 1. The lowest BCUT2D eigenvalue weighted by Crippen LogP contribution is -2.09. The number of carboxylic acids is 1. The molecule has 5 nitrogen and oxygen atoms in total.